The smallest absolute Gasteiger partial charge is 0.0731 e. The normalized spacial score (nSPS) is 13.6. The molecule has 1 fully saturated rings. The summed E-state index contributed by atoms with van der Waals surface area (Å²) >= 11 is 6.67. The highest BCUT2D eigenvalue weighted by Gasteiger charge is 2.19. The van der Waals surface area contributed by atoms with Crippen molar-refractivity contribution in [1.82, 2.24) is 14.8 Å². The molecular formula is C34H45ClN4. The Morgan fingerprint density at radius 1 is 0.923 bits per heavy atom. The largest absolute Gasteiger partial charge is 0.372 e. The Balaban J connectivity index is 0.000000998. The number of allylic oxidation sites excluding steroid dienone is 3. The van der Waals surface area contributed by atoms with E-state index >= 15 is 0 Å². The Kier molecular flexibility index (Phi) is 12.5. The minimum atomic E-state index is 0. The number of fused-ring (bicyclic) bond motifs is 1. The Bertz CT molecular complexity index is 1310. The van der Waals surface area contributed by atoms with Crippen molar-refractivity contribution in [2.45, 2.75) is 48.0 Å². The molecule has 1 aliphatic heterocycles. The predicted octanol–water partition coefficient (Wildman–Crippen LogP) is 9.22. The highest BCUT2D eigenvalue weighted by atomic mass is 35.5. The molecule has 4 nitrogen and oxygen atoms in total. The van der Waals surface area contributed by atoms with Crippen molar-refractivity contribution in [2.75, 3.05) is 33.2 Å². The quantitative estimate of drug-likeness (QED) is 0.278. The maximum atomic E-state index is 6.67. The second-order valence-electron chi connectivity index (χ2n) is 9.71. The number of halogens is 1. The number of benzene rings is 2. The highest BCUT2D eigenvalue weighted by molar-refractivity contribution is 6.35. The standard InChI is InChI=1S/C29H31ClN4.C4H10.CH4/c1-20(2)33-14-16-34(17-15-33)22(4)25-10-11-26-27(30)19-28(32-29(26)18-25)24-8-6-23(7-9-24)21(3)12-13-31-5;1-3-4-2;/h6-13,18-19H,1,4,14-17H2,2-3,5H3;3-4H2,1-2H3;1H4/b21-12+,31-13?;;. The number of pyridine rings is 1. The number of hydrogen-bond acceptors (Lipinski definition) is 4. The molecule has 0 aliphatic carbocycles. The van der Waals surface area contributed by atoms with E-state index in [-0.39, 0.29) is 7.43 Å². The van der Waals surface area contributed by atoms with Gasteiger partial charge in [0.1, 0.15) is 0 Å². The lowest BCUT2D eigenvalue weighted by atomic mass is 10.0. The summed E-state index contributed by atoms with van der Waals surface area (Å²) in [7, 11) is 1.77. The first-order valence-electron chi connectivity index (χ1n) is 13.4. The molecule has 1 aromatic heterocycles. The van der Waals surface area contributed by atoms with Gasteiger partial charge in [0.2, 0.25) is 0 Å². The number of rotatable bonds is 7. The van der Waals surface area contributed by atoms with Crippen molar-refractivity contribution >= 4 is 40.0 Å². The average Bonchev–Trinajstić information content (AvgIpc) is 2.95. The van der Waals surface area contributed by atoms with Crippen LogP contribution >= 0.6 is 11.6 Å². The van der Waals surface area contributed by atoms with E-state index in [4.69, 9.17) is 16.6 Å². The topological polar surface area (TPSA) is 31.7 Å². The second kappa shape index (κ2) is 15.3. The molecule has 5 heteroatoms. The first kappa shape index (κ1) is 31.8. The molecule has 2 heterocycles. The lowest BCUT2D eigenvalue weighted by molar-refractivity contribution is 0.215. The van der Waals surface area contributed by atoms with E-state index < -0.39 is 0 Å². The fourth-order valence-corrected chi connectivity index (χ4v) is 4.50. The lowest BCUT2D eigenvalue weighted by Gasteiger charge is -2.38. The van der Waals surface area contributed by atoms with Crippen molar-refractivity contribution in [1.29, 1.82) is 0 Å². The molecule has 4 rings (SSSR count). The first-order chi connectivity index (χ1) is 18.3. The van der Waals surface area contributed by atoms with Gasteiger partial charge in [-0.05, 0) is 48.8 Å². The van der Waals surface area contributed by atoms with Crippen LogP contribution in [0.2, 0.25) is 5.02 Å². The van der Waals surface area contributed by atoms with Gasteiger partial charge in [-0.25, -0.2) is 4.98 Å². The number of unbranched alkanes of at least 4 members (excludes halogenated alkanes) is 1. The average molecular weight is 545 g/mol. The van der Waals surface area contributed by atoms with Crippen LogP contribution in [-0.4, -0.2) is 54.2 Å². The fraction of sp³-hybridized carbons (Fsp3) is 0.353. The van der Waals surface area contributed by atoms with Crippen LogP contribution in [0.25, 0.3) is 33.4 Å². The molecule has 0 saturated carbocycles. The van der Waals surface area contributed by atoms with E-state index in [9.17, 15) is 0 Å². The number of hydrogen-bond donors (Lipinski definition) is 0. The number of aromatic nitrogens is 1. The molecular weight excluding hydrogens is 500 g/mol. The van der Waals surface area contributed by atoms with Gasteiger partial charge in [-0.3, -0.25) is 4.99 Å². The van der Waals surface area contributed by atoms with Crippen molar-refractivity contribution in [3.8, 4) is 11.3 Å². The molecule has 39 heavy (non-hydrogen) atoms. The summed E-state index contributed by atoms with van der Waals surface area (Å²) in [6.45, 7) is 20.7. The molecule has 0 amide bonds. The zero-order valence-corrected chi connectivity index (χ0v) is 24.4. The Morgan fingerprint density at radius 3 is 2.08 bits per heavy atom. The molecule has 3 aromatic rings. The molecule has 1 saturated heterocycles. The van der Waals surface area contributed by atoms with E-state index in [2.05, 4.69) is 92.0 Å². The van der Waals surface area contributed by atoms with Gasteiger partial charge in [-0.15, -0.1) is 0 Å². The zero-order chi connectivity index (χ0) is 27.7. The summed E-state index contributed by atoms with van der Waals surface area (Å²) in [6, 6.07) is 16.6. The minimum Gasteiger partial charge on any atom is -0.372 e. The van der Waals surface area contributed by atoms with Crippen LogP contribution in [-0.2, 0) is 0 Å². The van der Waals surface area contributed by atoms with E-state index in [1.54, 1.807) is 13.3 Å². The molecule has 208 valence electrons. The van der Waals surface area contributed by atoms with Crippen LogP contribution in [0, 0.1) is 0 Å². The van der Waals surface area contributed by atoms with Gasteiger partial charge in [0.05, 0.1) is 16.2 Å². The third-order valence-corrected chi connectivity index (χ3v) is 7.22. The van der Waals surface area contributed by atoms with Gasteiger partial charge in [-0.1, -0.05) is 95.3 Å². The number of nitrogens with zero attached hydrogens (tertiary/aromatic N) is 4. The number of aliphatic imine (C=N–C) groups is 1. The summed E-state index contributed by atoms with van der Waals surface area (Å²) in [4.78, 5) is 13.6. The van der Waals surface area contributed by atoms with Gasteiger partial charge >= 0.3 is 0 Å². The van der Waals surface area contributed by atoms with E-state index in [0.717, 1.165) is 76.4 Å². The van der Waals surface area contributed by atoms with Crippen LogP contribution in [0.3, 0.4) is 0 Å². The predicted molar refractivity (Wildman–Crippen MR) is 175 cm³/mol. The van der Waals surface area contributed by atoms with Gasteiger partial charge in [-0.2, -0.15) is 0 Å². The van der Waals surface area contributed by atoms with Crippen LogP contribution in [0.5, 0.6) is 0 Å². The lowest BCUT2D eigenvalue weighted by Crippen LogP contribution is -2.44. The molecule has 0 bridgehead atoms. The maximum absolute atomic E-state index is 6.67. The molecule has 0 N–H and O–H groups in total. The highest BCUT2D eigenvalue weighted by Crippen LogP contribution is 2.31. The maximum Gasteiger partial charge on any atom is 0.0731 e. The van der Waals surface area contributed by atoms with E-state index in [1.807, 2.05) is 18.2 Å². The number of piperazine rings is 1. The van der Waals surface area contributed by atoms with Crippen molar-refractivity contribution in [3.05, 3.63) is 89.6 Å². The van der Waals surface area contributed by atoms with Crippen LogP contribution in [0.15, 0.2) is 78.5 Å². The molecule has 0 atom stereocenters. The van der Waals surface area contributed by atoms with Crippen molar-refractivity contribution < 1.29 is 0 Å². The van der Waals surface area contributed by atoms with Crippen molar-refractivity contribution in [3.63, 3.8) is 0 Å². The van der Waals surface area contributed by atoms with Crippen LogP contribution in [0.1, 0.15) is 59.1 Å². The molecule has 2 aromatic carbocycles. The second-order valence-corrected chi connectivity index (χ2v) is 10.1. The van der Waals surface area contributed by atoms with E-state index in [0.29, 0.717) is 5.02 Å². The third-order valence-electron chi connectivity index (χ3n) is 6.90. The first-order valence-corrected chi connectivity index (χ1v) is 13.8. The minimum absolute atomic E-state index is 0. The van der Waals surface area contributed by atoms with Gasteiger partial charge in [0, 0.05) is 61.8 Å². The molecule has 0 unspecified atom stereocenters. The van der Waals surface area contributed by atoms with Gasteiger partial charge in [0.25, 0.3) is 0 Å². The Morgan fingerprint density at radius 2 is 1.51 bits per heavy atom. The van der Waals surface area contributed by atoms with E-state index in [1.165, 1.54) is 12.8 Å². The molecule has 0 spiro atoms. The Labute approximate surface area is 241 Å². The third kappa shape index (κ3) is 8.31. The summed E-state index contributed by atoms with van der Waals surface area (Å²) < 4.78 is 0. The van der Waals surface area contributed by atoms with Crippen LogP contribution in [0.4, 0.5) is 0 Å². The summed E-state index contributed by atoms with van der Waals surface area (Å²) in [5, 5.41) is 1.65. The fourth-order valence-electron chi connectivity index (χ4n) is 4.24. The summed E-state index contributed by atoms with van der Waals surface area (Å²) in [5.74, 6) is 0. The molecule has 1 aliphatic rings. The SMILES string of the molecule is C.C=C(C)N1CCN(C(=C)c2ccc3c(Cl)cc(-c4ccc(/C(C)=C/C=NC)cc4)nc3c2)CC1.CCCC. The van der Waals surface area contributed by atoms with Gasteiger partial charge < -0.3 is 9.80 Å². The zero-order valence-electron chi connectivity index (χ0n) is 23.6. The summed E-state index contributed by atoms with van der Waals surface area (Å²) in [6.07, 6.45) is 6.45. The summed E-state index contributed by atoms with van der Waals surface area (Å²) in [5.41, 5.74) is 8.30. The van der Waals surface area contributed by atoms with Gasteiger partial charge in [0.15, 0.2) is 0 Å². The Hall–Kier alpha value is -3.37. The van der Waals surface area contributed by atoms with Crippen LogP contribution < -0.4 is 0 Å². The van der Waals surface area contributed by atoms with Crippen molar-refractivity contribution in [2.24, 2.45) is 4.99 Å². The monoisotopic (exact) mass is 544 g/mol. The molecule has 0 radical (unpaired) electrons.